The molecule has 3 heteroatoms. The van der Waals surface area contributed by atoms with E-state index in [-0.39, 0.29) is 5.92 Å². The molecule has 1 aliphatic heterocycles. The van der Waals surface area contributed by atoms with Gasteiger partial charge in [-0.05, 0) is 36.3 Å². The van der Waals surface area contributed by atoms with Gasteiger partial charge < -0.3 is 9.47 Å². The molecule has 1 aliphatic rings. The largest absolute Gasteiger partial charge is 0.497 e. The van der Waals surface area contributed by atoms with Gasteiger partial charge in [-0.3, -0.25) is 0 Å². The number of hydrogen-bond acceptors (Lipinski definition) is 2. The summed E-state index contributed by atoms with van der Waals surface area (Å²) in [5, 5.41) is 0.542. The maximum atomic E-state index is 6.84. The lowest BCUT2D eigenvalue weighted by atomic mass is 9.85. The Morgan fingerprint density at radius 3 is 2.29 bits per heavy atom. The highest BCUT2D eigenvalue weighted by Gasteiger charge is 2.29. The Labute approximate surface area is 170 Å². The Morgan fingerprint density at radius 2 is 1.61 bits per heavy atom. The maximum Gasteiger partial charge on any atom is 0.153 e. The minimum absolute atomic E-state index is 0.0995. The molecule has 0 fully saturated rings. The van der Waals surface area contributed by atoms with Crippen molar-refractivity contribution in [3.05, 3.63) is 112 Å². The highest BCUT2D eigenvalue weighted by molar-refractivity contribution is 6.35. The van der Waals surface area contributed by atoms with Gasteiger partial charge in [0.2, 0.25) is 0 Å². The second kappa shape index (κ2) is 7.57. The zero-order valence-electron chi connectivity index (χ0n) is 15.9. The predicted octanol–water partition coefficient (Wildman–Crippen LogP) is 6.69. The zero-order valence-corrected chi connectivity index (χ0v) is 16.7. The van der Waals surface area contributed by atoms with Gasteiger partial charge in [0, 0.05) is 17.0 Å². The monoisotopic (exact) mass is 388 g/mol. The van der Waals surface area contributed by atoms with Crippen molar-refractivity contribution >= 4 is 17.4 Å². The van der Waals surface area contributed by atoms with Crippen LogP contribution in [0.25, 0.3) is 5.76 Å². The average molecular weight is 389 g/mol. The van der Waals surface area contributed by atoms with E-state index in [0.29, 0.717) is 10.8 Å². The molecule has 28 heavy (non-hydrogen) atoms. The molecule has 3 aromatic rings. The van der Waals surface area contributed by atoms with Gasteiger partial charge in [0.25, 0.3) is 0 Å². The van der Waals surface area contributed by atoms with Gasteiger partial charge >= 0.3 is 0 Å². The molecule has 1 atom stereocenters. The molecule has 0 aliphatic carbocycles. The molecular formula is C25H21ClO2. The van der Waals surface area contributed by atoms with Gasteiger partial charge in [0.05, 0.1) is 12.1 Å². The van der Waals surface area contributed by atoms with Gasteiger partial charge in [0.15, 0.2) is 5.76 Å². The molecule has 0 amide bonds. The number of benzene rings is 3. The number of allylic oxidation sites excluding steroid dienone is 2. The highest BCUT2D eigenvalue weighted by atomic mass is 35.5. The molecule has 0 N–H and O–H groups in total. The van der Waals surface area contributed by atoms with Gasteiger partial charge in [-0.2, -0.15) is 0 Å². The summed E-state index contributed by atoms with van der Waals surface area (Å²) in [7, 11) is 1.66. The van der Waals surface area contributed by atoms with Crippen LogP contribution in [-0.2, 0) is 0 Å². The fourth-order valence-corrected chi connectivity index (χ4v) is 3.75. The Balaban J connectivity index is 1.87. The summed E-state index contributed by atoms with van der Waals surface area (Å²) < 4.78 is 11.6. The van der Waals surface area contributed by atoms with Crippen molar-refractivity contribution in [2.45, 2.75) is 12.8 Å². The van der Waals surface area contributed by atoms with Crippen LogP contribution in [-0.4, -0.2) is 7.11 Å². The van der Waals surface area contributed by atoms with Gasteiger partial charge in [0.1, 0.15) is 11.5 Å². The number of hydrogen-bond donors (Lipinski definition) is 0. The van der Waals surface area contributed by atoms with E-state index >= 15 is 0 Å². The molecule has 0 saturated heterocycles. The van der Waals surface area contributed by atoms with Crippen LogP contribution >= 0.6 is 11.6 Å². The smallest absolute Gasteiger partial charge is 0.153 e. The number of para-hydroxylation sites is 1. The lowest BCUT2D eigenvalue weighted by Gasteiger charge is -2.19. The van der Waals surface area contributed by atoms with E-state index in [2.05, 4.69) is 31.7 Å². The van der Waals surface area contributed by atoms with Crippen molar-refractivity contribution < 1.29 is 9.47 Å². The molecule has 1 heterocycles. The summed E-state index contributed by atoms with van der Waals surface area (Å²) in [4.78, 5) is 0. The van der Waals surface area contributed by atoms with Crippen LogP contribution < -0.4 is 9.47 Å². The Hall–Kier alpha value is -2.97. The van der Waals surface area contributed by atoms with Crippen LogP contribution in [0.4, 0.5) is 0 Å². The Morgan fingerprint density at radius 1 is 0.929 bits per heavy atom. The SMILES string of the molecule is C=C1C(Cl)=C(c2ccc(C)cc2)Oc2ccccc2[C@@H]1c1ccc(OC)cc1. The van der Waals surface area contributed by atoms with Crippen LogP contribution in [0.15, 0.2) is 90.0 Å². The van der Waals surface area contributed by atoms with E-state index in [4.69, 9.17) is 21.1 Å². The van der Waals surface area contributed by atoms with Gasteiger partial charge in [-0.15, -0.1) is 0 Å². The number of aryl methyl sites for hydroxylation is 1. The molecule has 0 spiro atoms. The third-order valence-electron chi connectivity index (χ3n) is 5.03. The van der Waals surface area contributed by atoms with E-state index in [0.717, 1.165) is 33.8 Å². The van der Waals surface area contributed by atoms with Crippen molar-refractivity contribution in [1.29, 1.82) is 0 Å². The van der Waals surface area contributed by atoms with E-state index < -0.39 is 0 Å². The van der Waals surface area contributed by atoms with E-state index in [1.165, 1.54) is 5.56 Å². The molecular weight excluding hydrogens is 368 g/mol. The average Bonchev–Trinajstić information content (AvgIpc) is 2.84. The first-order valence-corrected chi connectivity index (χ1v) is 9.53. The fourth-order valence-electron chi connectivity index (χ4n) is 3.49. The minimum Gasteiger partial charge on any atom is -0.497 e. The summed E-state index contributed by atoms with van der Waals surface area (Å²) in [5.74, 6) is 2.14. The molecule has 0 bridgehead atoms. The number of methoxy groups -OCH3 is 1. The summed E-state index contributed by atoms with van der Waals surface area (Å²) in [5.41, 5.74) is 5.06. The van der Waals surface area contributed by atoms with Crippen LogP contribution in [0.2, 0.25) is 0 Å². The topological polar surface area (TPSA) is 18.5 Å². The third kappa shape index (κ3) is 3.32. The predicted molar refractivity (Wildman–Crippen MR) is 115 cm³/mol. The summed E-state index contributed by atoms with van der Waals surface area (Å²) in [6.07, 6.45) is 0. The number of halogens is 1. The molecule has 4 rings (SSSR count). The molecule has 2 nitrogen and oxygen atoms in total. The lowest BCUT2D eigenvalue weighted by molar-refractivity contribution is 0.414. The van der Waals surface area contributed by atoms with Crippen molar-refractivity contribution in [2.24, 2.45) is 0 Å². The van der Waals surface area contributed by atoms with Crippen LogP contribution in [0, 0.1) is 6.92 Å². The van der Waals surface area contributed by atoms with Crippen molar-refractivity contribution in [3.8, 4) is 11.5 Å². The Bertz CT molecular complexity index is 1050. The van der Waals surface area contributed by atoms with E-state index in [9.17, 15) is 0 Å². The normalized spacial score (nSPS) is 16.2. The number of fused-ring (bicyclic) bond motifs is 1. The van der Waals surface area contributed by atoms with Gasteiger partial charge in [-0.25, -0.2) is 0 Å². The molecule has 3 aromatic carbocycles. The second-order valence-corrected chi connectivity index (χ2v) is 7.26. The van der Waals surface area contributed by atoms with Crippen molar-refractivity contribution in [3.63, 3.8) is 0 Å². The standard InChI is InChI=1S/C25H21ClO2/c1-16-8-10-19(11-9-16)25-24(26)17(2)23(18-12-14-20(27-3)15-13-18)21-6-4-5-7-22(21)28-25/h4-15,23H,2H2,1,3H3/t23-/m0/s1. The van der Waals surface area contributed by atoms with Crippen LogP contribution in [0.5, 0.6) is 11.5 Å². The van der Waals surface area contributed by atoms with Crippen LogP contribution in [0.3, 0.4) is 0 Å². The Kier molecular flexibility index (Phi) is 4.97. The van der Waals surface area contributed by atoms with E-state index in [1.807, 2.05) is 54.6 Å². The first-order valence-electron chi connectivity index (χ1n) is 9.15. The van der Waals surface area contributed by atoms with E-state index in [1.54, 1.807) is 7.11 Å². The van der Waals surface area contributed by atoms with Crippen LogP contribution in [0.1, 0.15) is 28.2 Å². The molecule has 0 saturated carbocycles. The first kappa shape index (κ1) is 18.4. The summed E-state index contributed by atoms with van der Waals surface area (Å²) >= 11 is 6.84. The zero-order chi connectivity index (χ0) is 19.7. The lowest BCUT2D eigenvalue weighted by Crippen LogP contribution is -2.04. The van der Waals surface area contributed by atoms with Crippen molar-refractivity contribution in [2.75, 3.05) is 7.11 Å². The summed E-state index contributed by atoms with van der Waals surface area (Å²) in [6.45, 7) is 6.40. The minimum atomic E-state index is -0.0995. The quantitative estimate of drug-likeness (QED) is 0.497. The molecule has 0 aromatic heterocycles. The van der Waals surface area contributed by atoms with Gasteiger partial charge in [-0.1, -0.05) is 78.3 Å². The first-order chi connectivity index (χ1) is 13.6. The number of ether oxygens (including phenoxy) is 2. The second-order valence-electron chi connectivity index (χ2n) is 6.88. The summed E-state index contributed by atoms with van der Waals surface area (Å²) in [6, 6.07) is 24.2. The highest BCUT2D eigenvalue weighted by Crippen LogP contribution is 2.46. The fraction of sp³-hybridized carbons (Fsp3) is 0.120. The van der Waals surface area contributed by atoms with Crippen molar-refractivity contribution in [1.82, 2.24) is 0 Å². The maximum absolute atomic E-state index is 6.84. The molecule has 140 valence electrons. The molecule has 0 unspecified atom stereocenters. The third-order valence-corrected chi connectivity index (χ3v) is 5.45. The number of rotatable bonds is 3. The molecule has 0 radical (unpaired) electrons.